The van der Waals surface area contributed by atoms with Gasteiger partial charge in [0, 0.05) is 38.8 Å². The van der Waals surface area contributed by atoms with Crippen LogP contribution < -0.4 is 10.6 Å². The number of guanidine groups is 1. The molecule has 1 aliphatic heterocycles. The van der Waals surface area contributed by atoms with Crippen molar-refractivity contribution in [3.63, 3.8) is 0 Å². The van der Waals surface area contributed by atoms with E-state index in [-0.39, 0.29) is 5.41 Å². The number of hydrogen-bond acceptors (Lipinski definition) is 2. The molecule has 1 fully saturated rings. The normalized spacial score (nSPS) is 17.7. The summed E-state index contributed by atoms with van der Waals surface area (Å²) in [6.45, 7) is 5.77. The topological polar surface area (TPSA) is 45.7 Å². The van der Waals surface area contributed by atoms with Gasteiger partial charge in [0.15, 0.2) is 5.96 Å². The molecule has 0 aliphatic carbocycles. The molecule has 0 amide bonds. The minimum absolute atomic E-state index is 0.139. The summed E-state index contributed by atoms with van der Waals surface area (Å²) in [6.07, 6.45) is 5.79. The second-order valence-electron chi connectivity index (χ2n) is 6.32. The summed E-state index contributed by atoms with van der Waals surface area (Å²) in [5.41, 5.74) is 1.54. The molecule has 1 aromatic carbocycles. The third-order valence-electron chi connectivity index (χ3n) is 4.73. The lowest BCUT2D eigenvalue weighted by Crippen LogP contribution is -2.48. The Morgan fingerprint density at radius 2 is 1.87 bits per heavy atom. The molecular weight excluding hydrogens is 286 g/mol. The van der Waals surface area contributed by atoms with Crippen LogP contribution in [-0.2, 0) is 10.2 Å². The maximum absolute atomic E-state index is 5.60. The second kappa shape index (κ2) is 9.56. The molecule has 4 nitrogen and oxygen atoms in total. The molecule has 0 saturated carbocycles. The number of hydrogen-bond donors (Lipinski definition) is 2. The SMILES string of the molecule is CCCCCNC(=NC)NCC1(c2ccccc2)CCOCC1. The summed E-state index contributed by atoms with van der Waals surface area (Å²) in [5, 5.41) is 6.96. The molecule has 1 heterocycles. The van der Waals surface area contributed by atoms with Gasteiger partial charge in [0.2, 0.25) is 0 Å². The van der Waals surface area contributed by atoms with E-state index in [0.29, 0.717) is 0 Å². The molecule has 0 radical (unpaired) electrons. The lowest BCUT2D eigenvalue weighted by molar-refractivity contribution is 0.0514. The first-order valence-corrected chi connectivity index (χ1v) is 8.88. The molecule has 0 bridgehead atoms. The van der Waals surface area contributed by atoms with Crippen LogP contribution in [0.5, 0.6) is 0 Å². The van der Waals surface area contributed by atoms with E-state index in [0.717, 1.165) is 45.1 Å². The van der Waals surface area contributed by atoms with Gasteiger partial charge in [0.1, 0.15) is 0 Å². The van der Waals surface area contributed by atoms with E-state index in [1.807, 2.05) is 7.05 Å². The Morgan fingerprint density at radius 3 is 2.52 bits per heavy atom. The van der Waals surface area contributed by atoms with Crippen LogP contribution in [0.1, 0.15) is 44.6 Å². The monoisotopic (exact) mass is 317 g/mol. The predicted octanol–water partition coefficient (Wildman–Crippen LogP) is 3.09. The maximum Gasteiger partial charge on any atom is 0.191 e. The van der Waals surface area contributed by atoms with Crippen molar-refractivity contribution in [2.24, 2.45) is 4.99 Å². The molecule has 0 spiro atoms. The Labute approximate surface area is 140 Å². The largest absolute Gasteiger partial charge is 0.381 e. The minimum Gasteiger partial charge on any atom is -0.381 e. The van der Waals surface area contributed by atoms with Gasteiger partial charge >= 0.3 is 0 Å². The Hall–Kier alpha value is -1.55. The summed E-state index contributed by atoms with van der Waals surface area (Å²) in [5.74, 6) is 0.905. The number of ether oxygens (including phenoxy) is 1. The number of benzene rings is 1. The van der Waals surface area contributed by atoms with Crippen LogP contribution in [0.4, 0.5) is 0 Å². The minimum atomic E-state index is 0.139. The molecule has 4 heteroatoms. The molecular formula is C19H31N3O. The molecule has 2 N–H and O–H groups in total. The third kappa shape index (κ3) is 5.24. The summed E-state index contributed by atoms with van der Waals surface area (Å²) in [7, 11) is 1.84. The number of rotatable bonds is 7. The van der Waals surface area contributed by atoms with E-state index in [2.05, 4.69) is 52.9 Å². The van der Waals surface area contributed by atoms with Crippen LogP contribution in [0.25, 0.3) is 0 Å². The highest BCUT2D eigenvalue weighted by Gasteiger charge is 2.34. The zero-order valence-electron chi connectivity index (χ0n) is 14.6. The van der Waals surface area contributed by atoms with Gasteiger partial charge < -0.3 is 15.4 Å². The number of unbranched alkanes of at least 4 members (excludes halogenated alkanes) is 2. The average Bonchev–Trinajstić information content (AvgIpc) is 2.63. The molecule has 1 aromatic rings. The molecule has 1 aliphatic rings. The van der Waals surface area contributed by atoms with Gasteiger partial charge in [-0.15, -0.1) is 0 Å². The fraction of sp³-hybridized carbons (Fsp3) is 0.632. The molecule has 1 saturated heterocycles. The van der Waals surface area contributed by atoms with Crippen molar-refractivity contribution >= 4 is 5.96 Å². The van der Waals surface area contributed by atoms with Gasteiger partial charge in [-0.3, -0.25) is 4.99 Å². The highest BCUT2D eigenvalue weighted by Crippen LogP contribution is 2.34. The Balaban J connectivity index is 1.95. The van der Waals surface area contributed by atoms with Gasteiger partial charge in [0.05, 0.1) is 0 Å². The third-order valence-corrected chi connectivity index (χ3v) is 4.73. The van der Waals surface area contributed by atoms with Crippen molar-refractivity contribution in [1.82, 2.24) is 10.6 Å². The zero-order chi connectivity index (χ0) is 16.4. The van der Waals surface area contributed by atoms with E-state index in [1.165, 1.54) is 24.8 Å². The fourth-order valence-electron chi connectivity index (χ4n) is 3.18. The van der Waals surface area contributed by atoms with Crippen molar-refractivity contribution in [3.8, 4) is 0 Å². The summed E-state index contributed by atoms with van der Waals surface area (Å²) in [4.78, 5) is 4.36. The van der Waals surface area contributed by atoms with Crippen molar-refractivity contribution in [2.45, 2.75) is 44.4 Å². The fourth-order valence-corrected chi connectivity index (χ4v) is 3.18. The Bertz CT molecular complexity index is 467. The van der Waals surface area contributed by atoms with E-state index in [4.69, 9.17) is 4.74 Å². The first-order chi connectivity index (χ1) is 11.3. The van der Waals surface area contributed by atoms with Gasteiger partial charge in [-0.25, -0.2) is 0 Å². The van der Waals surface area contributed by atoms with E-state index >= 15 is 0 Å². The predicted molar refractivity (Wildman–Crippen MR) is 97.1 cm³/mol. The lowest BCUT2D eigenvalue weighted by atomic mass is 9.74. The van der Waals surface area contributed by atoms with Crippen LogP contribution >= 0.6 is 0 Å². The average molecular weight is 317 g/mol. The number of nitrogens with zero attached hydrogens (tertiary/aromatic N) is 1. The standard InChI is InChI=1S/C19H31N3O/c1-3-4-8-13-21-18(20-2)22-16-19(11-14-23-15-12-19)17-9-6-5-7-10-17/h5-7,9-10H,3-4,8,11-16H2,1-2H3,(H2,20,21,22). The van der Waals surface area contributed by atoms with E-state index < -0.39 is 0 Å². The molecule has 0 unspecified atom stereocenters. The van der Waals surface area contributed by atoms with Crippen LogP contribution in [0.2, 0.25) is 0 Å². The van der Waals surface area contributed by atoms with E-state index in [9.17, 15) is 0 Å². The molecule has 23 heavy (non-hydrogen) atoms. The van der Waals surface area contributed by atoms with Crippen LogP contribution in [0, 0.1) is 0 Å². The second-order valence-corrected chi connectivity index (χ2v) is 6.32. The first kappa shape index (κ1) is 17.8. The van der Waals surface area contributed by atoms with Gasteiger partial charge in [0.25, 0.3) is 0 Å². The molecule has 0 atom stereocenters. The molecule has 2 rings (SSSR count). The maximum atomic E-state index is 5.60. The summed E-state index contributed by atoms with van der Waals surface area (Å²) < 4.78 is 5.60. The van der Waals surface area contributed by atoms with Crippen LogP contribution in [-0.4, -0.2) is 39.3 Å². The molecule has 0 aromatic heterocycles. The van der Waals surface area contributed by atoms with Gasteiger partial charge in [-0.2, -0.15) is 0 Å². The van der Waals surface area contributed by atoms with E-state index in [1.54, 1.807) is 0 Å². The first-order valence-electron chi connectivity index (χ1n) is 8.88. The van der Waals surface area contributed by atoms with Crippen molar-refractivity contribution in [3.05, 3.63) is 35.9 Å². The highest BCUT2D eigenvalue weighted by molar-refractivity contribution is 5.79. The zero-order valence-corrected chi connectivity index (χ0v) is 14.6. The Morgan fingerprint density at radius 1 is 1.13 bits per heavy atom. The highest BCUT2D eigenvalue weighted by atomic mass is 16.5. The summed E-state index contributed by atoms with van der Waals surface area (Å²) >= 11 is 0. The van der Waals surface area contributed by atoms with Gasteiger partial charge in [-0.1, -0.05) is 50.1 Å². The number of nitrogens with one attached hydrogen (secondary N) is 2. The van der Waals surface area contributed by atoms with Crippen LogP contribution in [0.15, 0.2) is 35.3 Å². The van der Waals surface area contributed by atoms with Crippen molar-refractivity contribution in [1.29, 1.82) is 0 Å². The van der Waals surface area contributed by atoms with Gasteiger partial charge in [-0.05, 0) is 24.8 Å². The quantitative estimate of drug-likeness (QED) is 0.461. The molecule has 128 valence electrons. The van der Waals surface area contributed by atoms with Crippen LogP contribution in [0.3, 0.4) is 0 Å². The Kier molecular flexibility index (Phi) is 7.40. The smallest absolute Gasteiger partial charge is 0.191 e. The van der Waals surface area contributed by atoms with Crippen molar-refractivity contribution in [2.75, 3.05) is 33.4 Å². The number of aliphatic imine (C=N–C) groups is 1. The summed E-state index contributed by atoms with van der Waals surface area (Å²) in [6, 6.07) is 10.8. The van der Waals surface area contributed by atoms with Crippen molar-refractivity contribution < 1.29 is 4.74 Å². The lowest BCUT2D eigenvalue weighted by Gasteiger charge is -2.38.